The Labute approximate surface area is 120 Å². The molecule has 0 bridgehead atoms. The Morgan fingerprint density at radius 1 is 1.10 bits per heavy atom. The van der Waals surface area contributed by atoms with E-state index in [1.807, 2.05) is 12.1 Å². The predicted molar refractivity (Wildman–Crippen MR) is 81.2 cm³/mol. The van der Waals surface area contributed by atoms with Gasteiger partial charge in [-0.25, -0.2) is 0 Å². The number of nitrogens with one attached hydrogen (secondary N) is 2. The van der Waals surface area contributed by atoms with E-state index in [-0.39, 0.29) is 5.91 Å². The van der Waals surface area contributed by atoms with Gasteiger partial charge in [-0.1, -0.05) is 12.8 Å². The summed E-state index contributed by atoms with van der Waals surface area (Å²) in [6.07, 6.45) is 4.75. The summed E-state index contributed by atoms with van der Waals surface area (Å²) in [6.45, 7) is 4.13. The molecular formula is C16H23N3O. The number of amides is 1. The van der Waals surface area contributed by atoms with Crippen LogP contribution < -0.4 is 15.5 Å². The third-order valence-corrected chi connectivity index (χ3v) is 4.30. The van der Waals surface area contributed by atoms with Crippen molar-refractivity contribution in [2.75, 3.05) is 31.1 Å². The first kappa shape index (κ1) is 13.4. The number of carbonyl (C=O) groups excluding carboxylic acids is 1. The van der Waals surface area contributed by atoms with Crippen LogP contribution in [0.5, 0.6) is 0 Å². The van der Waals surface area contributed by atoms with Gasteiger partial charge in [0.1, 0.15) is 0 Å². The molecule has 1 heterocycles. The molecule has 4 heteroatoms. The molecule has 1 aromatic rings. The second-order valence-corrected chi connectivity index (χ2v) is 5.74. The molecule has 2 N–H and O–H groups in total. The average molecular weight is 273 g/mol. The summed E-state index contributed by atoms with van der Waals surface area (Å²) in [5, 5.41) is 6.48. The normalized spacial score (nSPS) is 20.1. The molecule has 0 unspecified atom stereocenters. The number of rotatable bonds is 3. The minimum Gasteiger partial charge on any atom is -0.369 e. The second kappa shape index (κ2) is 6.27. The Morgan fingerprint density at radius 2 is 1.75 bits per heavy atom. The number of benzene rings is 1. The van der Waals surface area contributed by atoms with Crippen molar-refractivity contribution in [3.05, 3.63) is 29.8 Å². The van der Waals surface area contributed by atoms with Gasteiger partial charge in [0.05, 0.1) is 0 Å². The Kier molecular flexibility index (Phi) is 4.21. The number of nitrogens with zero attached hydrogens (tertiary/aromatic N) is 1. The summed E-state index contributed by atoms with van der Waals surface area (Å²) in [7, 11) is 0. The van der Waals surface area contributed by atoms with Crippen LogP contribution in [0.2, 0.25) is 0 Å². The number of hydrogen-bond donors (Lipinski definition) is 2. The van der Waals surface area contributed by atoms with Crippen LogP contribution >= 0.6 is 0 Å². The zero-order chi connectivity index (χ0) is 13.8. The first-order chi connectivity index (χ1) is 9.83. The predicted octanol–water partition coefficient (Wildman–Crippen LogP) is 1.77. The summed E-state index contributed by atoms with van der Waals surface area (Å²) in [5.41, 5.74) is 1.99. The average Bonchev–Trinajstić information content (AvgIpc) is 3.01. The fraction of sp³-hybridized carbons (Fsp3) is 0.562. The molecule has 2 aliphatic rings. The third-order valence-electron chi connectivity index (χ3n) is 4.30. The van der Waals surface area contributed by atoms with E-state index in [9.17, 15) is 4.79 Å². The molecule has 0 radical (unpaired) electrons. The maximum Gasteiger partial charge on any atom is 0.251 e. The molecule has 3 rings (SSSR count). The van der Waals surface area contributed by atoms with Crippen LogP contribution in [0, 0.1) is 0 Å². The molecule has 1 aliphatic carbocycles. The molecule has 0 spiro atoms. The van der Waals surface area contributed by atoms with Gasteiger partial charge in [-0.2, -0.15) is 0 Å². The van der Waals surface area contributed by atoms with Gasteiger partial charge in [-0.3, -0.25) is 4.79 Å². The van der Waals surface area contributed by atoms with Crippen molar-refractivity contribution in [3.8, 4) is 0 Å². The Balaban J connectivity index is 1.61. The molecule has 20 heavy (non-hydrogen) atoms. The van der Waals surface area contributed by atoms with Gasteiger partial charge in [0.25, 0.3) is 5.91 Å². The van der Waals surface area contributed by atoms with Crippen LogP contribution in [0.15, 0.2) is 24.3 Å². The Hall–Kier alpha value is -1.55. The monoisotopic (exact) mass is 273 g/mol. The van der Waals surface area contributed by atoms with Crippen LogP contribution in [-0.2, 0) is 0 Å². The number of anilines is 1. The van der Waals surface area contributed by atoms with E-state index in [0.29, 0.717) is 6.04 Å². The van der Waals surface area contributed by atoms with E-state index in [4.69, 9.17) is 0 Å². The third kappa shape index (κ3) is 3.12. The van der Waals surface area contributed by atoms with Crippen molar-refractivity contribution in [2.45, 2.75) is 31.7 Å². The molecule has 1 saturated heterocycles. The van der Waals surface area contributed by atoms with Gasteiger partial charge in [-0.05, 0) is 37.1 Å². The van der Waals surface area contributed by atoms with Crippen molar-refractivity contribution in [1.29, 1.82) is 0 Å². The molecule has 1 aliphatic heterocycles. The molecule has 0 aromatic heterocycles. The molecule has 4 nitrogen and oxygen atoms in total. The maximum atomic E-state index is 12.2. The lowest BCUT2D eigenvalue weighted by Gasteiger charge is -2.29. The van der Waals surface area contributed by atoms with E-state index in [0.717, 1.165) is 44.6 Å². The first-order valence-corrected chi connectivity index (χ1v) is 7.69. The van der Waals surface area contributed by atoms with E-state index in [1.165, 1.54) is 18.5 Å². The lowest BCUT2D eigenvalue weighted by Crippen LogP contribution is -2.43. The highest BCUT2D eigenvalue weighted by atomic mass is 16.1. The summed E-state index contributed by atoms with van der Waals surface area (Å²) < 4.78 is 0. The fourth-order valence-electron chi connectivity index (χ4n) is 3.09. The summed E-state index contributed by atoms with van der Waals surface area (Å²) >= 11 is 0. The summed E-state index contributed by atoms with van der Waals surface area (Å²) in [6, 6.07) is 8.41. The van der Waals surface area contributed by atoms with Crippen molar-refractivity contribution in [1.82, 2.24) is 10.6 Å². The standard InChI is InChI=1S/C16H23N3O/c20-16(18-14-3-1-2-4-14)13-5-7-15(8-6-13)19-11-9-17-10-12-19/h5-8,14,17H,1-4,9-12H2,(H,18,20). The topological polar surface area (TPSA) is 44.4 Å². The van der Waals surface area contributed by atoms with Gasteiger partial charge >= 0.3 is 0 Å². The highest BCUT2D eigenvalue weighted by Gasteiger charge is 2.18. The zero-order valence-corrected chi connectivity index (χ0v) is 11.9. The van der Waals surface area contributed by atoms with Gasteiger partial charge in [0.15, 0.2) is 0 Å². The van der Waals surface area contributed by atoms with E-state index in [2.05, 4.69) is 27.7 Å². The van der Waals surface area contributed by atoms with Crippen LogP contribution in [-0.4, -0.2) is 38.1 Å². The lowest BCUT2D eigenvalue weighted by molar-refractivity contribution is 0.0938. The van der Waals surface area contributed by atoms with Gasteiger partial charge in [0, 0.05) is 43.5 Å². The van der Waals surface area contributed by atoms with Gasteiger partial charge in [0.2, 0.25) is 0 Å². The lowest BCUT2D eigenvalue weighted by atomic mass is 10.1. The molecule has 2 fully saturated rings. The number of hydrogen-bond acceptors (Lipinski definition) is 3. The van der Waals surface area contributed by atoms with Crippen LogP contribution in [0.25, 0.3) is 0 Å². The Morgan fingerprint density at radius 3 is 2.40 bits per heavy atom. The quantitative estimate of drug-likeness (QED) is 0.882. The summed E-state index contributed by atoms with van der Waals surface area (Å²) in [4.78, 5) is 14.5. The zero-order valence-electron chi connectivity index (χ0n) is 11.9. The minimum absolute atomic E-state index is 0.0729. The van der Waals surface area contributed by atoms with Gasteiger partial charge < -0.3 is 15.5 Å². The van der Waals surface area contributed by atoms with Crippen molar-refractivity contribution < 1.29 is 4.79 Å². The van der Waals surface area contributed by atoms with E-state index < -0.39 is 0 Å². The van der Waals surface area contributed by atoms with Gasteiger partial charge in [-0.15, -0.1) is 0 Å². The fourth-order valence-corrected chi connectivity index (χ4v) is 3.09. The molecule has 1 aromatic carbocycles. The molecule has 108 valence electrons. The second-order valence-electron chi connectivity index (χ2n) is 5.74. The smallest absolute Gasteiger partial charge is 0.251 e. The molecule has 1 saturated carbocycles. The molecule has 1 amide bonds. The van der Waals surface area contributed by atoms with Crippen molar-refractivity contribution in [3.63, 3.8) is 0 Å². The number of piperazine rings is 1. The maximum absolute atomic E-state index is 12.2. The first-order valence-electron chi connectivity index (χ1n) is 7.69. The molecule has 0 atom stereocenters. The van der Waals surface area contributed by atoms with Crippen LogP contribution in [0.3, 0.4) is 0 Å². The Bertz CT molecular complexity index is 445. The van der Waals surface area contributed by atoms with Crippen LogP contribution in [0.1, 0.15) is 36.0 Å². The SMILES string of the molecule is O=C(NC1CCCC1)c1ccc(N2CCNCC2)cc1. The van der Waals surface area contributed by atoms with Crippen molar-refractivity contribution >= 4 is 11.6 Å². The molecular weight excluding hydrogens is 250 g/mol. The van der Waals surface area contributed by atoms with E-state index in [1.54, 1.807) is 0 Å². The van der Waals surface area contributed by atoms with E-state index >= 15 is 0 Å². The summed E-state index contributed by atoms with van der Waals surface area (Å²) in [5.74, 6) is 0.0729. The number of carbonyl (C=O) groups is 1. The largest absolute Gasteiger partial charge is 0.369 e. The highest BCUT2D eigenvalue weighted by Crippen LogP contribution is 2.19. The minimum atomic E-state index is 0.0729. The highest BCUT2D eigenvalue weighted by molar-refractivity contribution is 5.94. The van der Waals surface area contributed by atoms with Crippen LogP contribution in [0.4, 0.5) is 5.69 Å². The van der Waals surface area contributed by atoms with Crippen molar-refractivity contribution in [2.24, 2.45) is 0 Å².